The quantitative estimate of drug-likeness (QED) is 0.783. The van der Waals surface area contributed by atoms with Gasteiger partial charge in [0, 0.05) is 12.1 Å². The van der Waals surface area contributed by atoms with Crippen LogP contribution >= 0.6 is 0 Å². The van der Waals surface area contributed by atoms with Gasteiger partial charge in [-0.1, -0.05) is 0 Å². The summed E-state index contributed by atoms with van der Waals surface area (Å²) in [6.07, 6.45) is 0.924. The van der Waals surface area contributed by atoms with Crippen LogP contribution < -0.4 is 5.32 Å². The van der Waals surface area contributed by atoms with Gasteiger partial charge < -0.3 is 10.1 Å². The second-order valence-corrected chi connectivity index (χ2v) is 6.26. The van der Waals surface area contributed by atoms with E-state index in [1.807, 2.05) is 20.8 Å². The number of piperidine rings is 1. The number of fused-ring (bicyclic) bond motifs is 2. The molecule has 18 heavy (non-hydrogen) atoms. The van der Waals surface area contributed by atoms with E-state index < -0.39 is 11.8 Å². The van der Waals surface area contributed by atoms with Crippen molar-refractivity contribution < 1.29 is 13.9 Å². The molecule has 0 spiro atoms. The molecule has 1 N–H and O–H groups in total. The Hall–Kier alpha value is -0.840. The summed E-state index contributed by atoms with van der Waals surface area (Å²) in [5.41, 5.74) is -0.526. The highest BCUT2D eigenvalue weighted by molar-refractivity contribution is 5.70. The Morgan fingerprint density at radius 2 is 2.06 bits per heavy atom. The van der Waals surface area contributed by atoms with E-state index in [9.17, 15) is 9.18 Å². The second-order valence-electron chi connectivity index (χ2n) is 6.26. The van der Waals surface area contributed by atoms with Crippen molar-refractivity contribution in [3.05, 3.63) is 0 Å². The van der Waals surface area contributed by atoms with Gasteiger partial charge in [0.2, 0.25) is 0 Å². The van der Waals surface area contributed by atoms with Crippen molar-refractivity contribution in [3.8, 4) is 0 Å². The fourth-order valence-electron chi connectivity index (χ4n) is 3.02. The summed E-state index contributed by atoms with van der Waals surface area (Å²) in [5.74, 6) is 0. The first kappa shape index (κ1) is 13.6. The fourth-order valence-corrected chi connectivity index (χ4v) is 3.02. The highest BCUT2D eigenvalue weighted by Gasteiger charge is 2.50. The number of carbonyl (C=O) groups excluding carboxylic acids is 1. The van der Waals surface area contributed by atoms with Gasteiger partial charge in [0.1, 0.15) is 11.8 Å². The normalized spacial score (nSPS) is 35.7. The van der Waals surface area contributed by atoms with Crippen molar-refractivity contribution >= 4 is 6.09 Å². The largest absolute Gasteiger partial charge is 0.444 e. The lowest BCUT2D eigenvalue weighted by Gasteiger charge is -2.41. The molecule has 104 valence electrons. The standard InChI is InChI=1S/C13H23FN2O2/c1-13(2,3)18-12(17)16-8-5-6-10(16)11(14)9(7-8)15-4/h8-11,15H,5-7H2,1-4H3/t8-,9+,10-,11+/m0/s1. The van der Waals surface area contributed by atoms with E-state index in [4.69, 9.17) is 4.74 Å². The average Bonchev–Trinajstić information content (AvgIpc) is 2.59. The molecule has 0 unspecified atom stereocenters. The summed E-state index contributed by atoms with van der Waals surface area (Å²) >= 11 is 0. The molecule has 4 atom stereocenters. The summed E-state index contributed by atoms with van der Waals surface area (Å²) in [6, 6.07) is -0.341. The molecule has 1 amide bonds. The van der Waals surface area contributed by atoms with Crippen LogP contribution in [0.2, 0.25) is 0 Å². The van der Waals surface area contributed by atoms with Gasteiger partial charge in [-0.05, 0) is 47.1 Å². The predicted molar refractivity (Wildman–Crippen MR) is 67.2 cm³/mol. The van der Waals surface area contributed by atoms with E-state index in [-0.39, 0.29) is 24.2 Å². The van der Waals surface area contributed by atoms with E-state index in [1.165, 1.54) is 0 Å². The number of nitrogens with one attached hydrogen (secondary N) is 1. The van der Waals surface area contributed by atoms with Gasteiger partial charge in [-0.2, -0.15) is 0 Å². The summed E-state index contributed by atoms with van der Waals surface area (Å²) in [4.78, 5) is 13.8. The number of rotatable bonds is 1. The number of amides is 1. The molecule has 5 heteroatoms. The Bertz CT molecular complexity index is 329. The molecular formula is C13H23FN2O2. The topological polar surface area (TPSA) is 41.6 Å². The summed E-state index contributed by atoms with van der Waals surface area (Å²) in [7, 11) is 1.78. The molecule has 2 rings (SSSR count). The Balaban J connectivity index is 2.09. The van der Waals surface area contributed by atoms with E-state index >= 15 is 0 Å². The summed E-state index contributed by atoms with van der Waals surface area (Å²) < 4.78 is 19.6. The minimum Gasteiger partial charge on any atom is -0.444 e. The number of hydrogen-bond donors (Lipinski definition) is 1. The zero-order chi connectivity index (χ0) is 13.5. The molecular weight excluding hydrogens is 235 g/mol. The van der Waals surface area contributed by atoms with Crippen LogP contribution in [-0.2, 0) is 4.74 Å². The lowest BCUT2D eigenvalue weighted by Crippen LogP contribution is -2.58. The van der Waals surface area contributed by atoms with Crippen LogP contribution in [0, 0.1) is 0 Å². The Labute approximate surface area is 108 Å². The maximum atomic E-state index is 14.3. The van der Waals surface area contributed by atoms with Crippen LogP contribution in [0.1, 0.15) is 40.0 Å². The smallest absolute Gasteiger partial charge is 0.410 e. The number of ether oxygens (including phenoxy) is 1. The number of nitrogens with zero attached hydrogens (tertiary/aromatic N) is 1. The third-order valence-electron chi connectivity index (χ3n) is 3.80. The lowest BCUT2D eigenvalue weighted by molar-refractivity contribution is -0.0126. The van der Waals surface area contributed by atoms with Crippen LogP contribution in [0.3, 0.4) is 0 Å². The maximum Gasteiger partial charge on any atom is 0.410 e. The van der Waals surface area contributed by atoms with Crippen LogP contribution in [0.4, 0.5) is 9.18 Å². The number of hydrogen-bond acceptors (Lipinski definition) is 3. The van der Waals surface area contributed by atoms with Crippen molar-refractivity contribution in [2.45, 2.75) is 69.9 Å². The van der Waals surface area contributed by atoms with Crippen molar-refractivity contribution in [3.63, 3.8) is 0 Å². The zero-order valence-electron chi connectivity index (χ0n) is 11.6. The molecule has 2 aliphatic rings. The van der Waals surface area contributed by atoms with E-state index in [0.29, 0.717) is 6.42 Å². The molecule has 0 aromatic heterocycles. The molecule has 0 aromatic carbocycles. The first-order valence-corrected chi connectivity index (χ1v) is 6.66. The Morgan fingerprint density at radius 1 is 1.39 bits per heavy atom. The van der Waals surface area contributed by atoms with Gasteiger partial charge in [-0.15, -0.1) is 0 Å². The van der Waals surface area contributed by atoms with Crippen molar-refractivity contribution in [1.82, 2.24) is 10.2 Å². The molecule has 2 aliphatic heterocycles. The molecule has 4 nitrogen and oxygen atoms in total. The number of carbonyl (C=O) groups is 1. The average molecular weight is 258 g/mol. The number of halogens is 1. The third kappa shape index (κ3) is 2.46. The Morgan fingerprint density at radius 3 is 2.61 bits per heavy atom. The van der Waals surface area contributed by atoms with Crippen LogP contribution in [0.5, 0.6) is 0 Å². The lowest BCUT2D eigenvalue weighted by atomic mass is 9.96. The minimum atomic E-state index is -0.999. The highest BCUT2D eigenvalue weighted by atomic mass is 19.1. The predicted octanol–water partition coefficient (Wildman–Crippen LogP) is 2.08. The third-order valence-corrected chi connectivity index (χ3v) is 3.80. The number of alkyl halides is 1. The van der Waals surface area contributed by atoms with Crippen molar-refractivity contribution in [2.24, 2.45) is 0 Å². The van der Waals surface area contributed by atoms with Gasteiger partial charge in [0.25, 0.3) is 0 Å². The van der Waals surface area contributed by atoms with Gasteiger partial charge >= 0.3 is 6.09 Å². The first-order valence-electron chi connectivity index (χ1n) is 6.66. The monoisotopic (exact) mass is 258 g/mol. The summed E-state index contributed by atoms with van der Waals surface area (Å²) in [6.45, 7) is 5.50. The van der Waals surface area contributed by atoms with Crippen LogP contribution in [0.25, 0.3) is 0 Å². The SMILES string of the molecule is CN[C@@H]1C[C@@H]2CC[C@@H]([C@@H]1F)N2C(=O)OC(C)(C)C. The maximum absolute atomic E-state index is 14.3. The molecule has 0 saturated carbocycles. The molecule has 0 radical (unpaired) electrons. The van der Waals surface area contributed by atoms with Crippen molar-refractivity contribution in [2.75, 3.05) is 7.05 Å². The molecule has 2 saturated heterocycles. The van der Waals surface area contributed by atoms with E-state index in [2.05, 4.69) is 5.32 Å². The summed E-state index contributed by atoms with van der Waals surface area (Å²) in [5, 5.41) is 3.01. The second kappa shape index (κ2) is 4.68. The van der Waals surface area contributed by atoms with E-state index in [1.54, 1.807) is 11.9 Å². The van der Waals surface area contributed by atoms with Gasteiger partial charge in [0.05, 0.1) is 6.04 Å². The zero-order valence-corrected chi connectivity index (χ0v) is 11.6. The van der Waals surface area contributed by atoms with Gasteiger partial charge in [-0.3, -0.25) is 4.90 Å². The van der Waals surface area contributed by atoms with Gasteiger partial charge in [0.15, 0.2) is 0 Å². The van der Waals surface area contributed by atoms with Crippen LogP contribution in [-0.4, -0.2) is 47.9 Å². The Kier molecular flexibility index (Phi) is 3.54. The molecule has 2 heterocycles. The molecule has 2 bridgehead atoms. The van der Waals surface area contributed by atoms with Crippen molar-refractivity contribution in [1.29, 1.82) is 0 Å². The van der Waals surface area contributed by atoms with Gasteiger partial charge in [-0.25, -0.2) is 9.18 Å². The van der Waals surface area contributed by atoms with Crippen LogP contribution in [0.15, 0.2) is 0 Å². The molecule has 2 fully saturated rings. The molecule has 0 aromatic rings. The fraction of sp³-hybridized carbons (Fsp3) is 0.923. The van der Waals surface area contributed by atoms with E-state index in [0.717, 1.165) is 12.8 Å². The molecule has 0 aliphatic carbocycles. The first-order chi connectivity index (χ1) is 8.33. The highest BCUT2D eigenvalue weighted by Crippen LogP contribution is 2.38. The minimum absolute atomic E-state index is 0.120.